The maximum Gasteiger partial charge on any atom is 0.319 e. The van der Waals surface area contributed by atoms with Crippen LogP contribution in [0.3, 0.4) is 0 Å². The summed E-state index contributed by atoms with van der Waals surface area (Å²) in [5, 5.41) is 5.89. The van der Waals surface area contributed by atoms with Crippen LogP contribution in [0, 0.1) is 5.92 Å². The summed E-state index contributed by atoms with van der Waals surface area (Å²) in [4.78, 5) is 12.1. The molecule has 0 heterocycles. The highest BCUT2D eigenvalue weighted by molar-refractivity contribution is 5.89. The molecule has 1 aliphatic carbocycles. The van der Waals surface area contributed by atoms with Gasteiger partial charge in [0.15, 0.2) is 11.5 Å². The molecule has 1 aromatic rings. The van der Waals surface area contributed by atoms with Crippen molar-refractivity contribution < 1.29 is 19.0 Å². The molecular weight excluding hydrogens is 296 g/mol. The van der Waals surface area contributed by atoms with Gasteiger partial charge in [-0.15, -0.1) is 0 Å². The van der Waals surface area contributed by atoms with Crippen molar-refractivity contribution in [3.05, 3.63) is 18.2 Å². The second-order valence-corrected chi connectivity index (χ2v) is 5.82. The first-order valence-corrected chi connectivity index (χ1v) is 8.01. The zero-order valence-corrected chi connectivity index (χ0v) is 14.1. The van der Waals surface area contributed by atoms with Gasteiger partial charge in [-0.25, -0.2) is 4.79 Å². The third-order valence-corrected chi connectivity index (χ3v) is 4.14. The Hall–Kier alpha value is -1.95. The van der Waals surface area contributed by atoms with Gasteiger partial charge in [-0.1, -0.05) is 13.3 Å². The minimum atomic E-state index is -0.184. The Labute approximate surface area is 137 Å². The van der Waals surface area contributed by atoms with E-state index < -0.39 is 0 Å². The third kappa shape index (κ3) is 5.03. The number of rotatable bonds is 7. The van der Waals surface area contributed by atoms with E-state index in [0.717, 1.165) is 6.42 Å². The fraction of sp³-hybridized carbons (Fsp3) is 0.588. The summed E-state index contributed by atoms with van der Waals surface area (Å²) in [6.45, 7) is 3.08. The minimum Gasteiger partial charge on any atom is -0.493 e. The van der Waals surface area contributed by atoms with Crippen LogP contribution in [0.25, 0.3) is 0 Å². The molecule has 0 aromatic heterocycles. The second kappa shape index (κ2) is 8.62. The van der Waals surface area contributed by atoms with Crippen LogP contribution >= 0.6 is 0 Å². The highest BCUT2D eigenvalue weighted by Crippen LogP contribution is 2.30. The molecule has 128 valence electrons. The number of amides is 2. The van der Waals surface area contributed by atoms with Gasteiger partial charge in [0.05, 0.1) is 13.7 Å². The molecule has 0 saturated heterocycles. The number of hydrogen-bond donors (Lipinski definition) is 2. The molecule has 23 heavy (non-hydrogen) atoms. The average molecular weight is 322 g/mol. The van der Waals surface area contributed by atoms with Gasteiger partial charge in [-0.05, 0) is 30.9 Å². The first kappa shape index (κ1) is 17.4. The highest BCUT2D eigenvalue weighted by atomic mass is 16.5. The normalized spacial score (nSPS) is 20.1. The maximum atomic E-state index is 12.1. The standard InChI is InChI=1S/C17H26N2O4/c1-12-5-4-6-14(12)19-17(20)18-13-7-8-15(22-3)16(11-13)23-10-9-21-2/h7-8,11-12,14H,4-6,9-10H2,1-3H3,(H2,18,19,20)/t12-,14-/m0/s1. The van der Waals surface area contributed by atoms with Gasteiger partial charge in [0.1, 0.15) is 6.61 Å². The lowest BCUT2D eigenvalue weighted by Crippen LogP contribution is -2.39. The topological polar surface area (TPSA) is 68.8 Å². The summed E-state index contributed by atoms with van der Waals surface area (Å²) >= 11 is 0. The summed E-state index contributed by atoms with van der Waals surface area (Å²) in [7, 11) is 3.20. The molecule has 0 radical (unpaired) electrons. The van der Waals surface area contributed by atoms with Crippen molar-refractivity contribution in [3.63, 3.8) is 0 Å². The van der Waals surface area contributed by atoms with Crippen LogP contribution in [0.1, 0.15) is 26.2 Å². The van der Waals surface area contributed by atoms with E-state index in [1.165, 1.54) is 12.8 Å². The second-order valence-electron chi connectivity index (χ2n) is 5.82. The summed E-state index contributed by atoms with van der Waals surface area (Å²) in [5.41, 5.74) is 0.668. The number of nitrogens with one attached hydrogen (secondary N) is 2. The van der Waals surface area contributed by atoms with Crippen LogP contribution in [-0.4, -0.2) is 39.5 Å². The molecule has 6 nitrogen and oxygen atoms in total. The maximum absolute atomic E-state index is 12.1. The summed E-state index contributed by atoms with van der Waals surface area (Å²) in [6.07, 6.45) is 3.39. The van der Waals surface area contributed by atoms with Crippen LogP contribution in [-0.2, 0) is 4.74 Å². The van der Waals surface area contributed by atoms with Gasteiger partial charge in [0.25, 0.3) is 0 Å². The predicted molar refractivity (Wildman–Crippen MR) is 89.3 cm³/mol. The molecule has 1 fully saturated rings. The van der Waals surface area contributed by atoms with E-state index in [-0.39, 0.29) is 12.1 Å². The lowest BCUT2D eigenvalue weighted by molar-refractivity contribution is 0.144. The van der Waals surface area contributed by atoms with Crippen molar-refractivity contribution in [2.24, 2.45) is 5.92 Å². The molecule has 2 amide bonds. The van der Waals surface area contributed by atoms with Crippen molar-refractivity contribution in [1.29, 1.82) is 0 Å². The van der Waals surface area contributed by atoms with E-state index in [4.69, 9.17) is 14.2 Å². The molecule has 1 saturated carbocycles. The van der Waals surface area contributed by atoms with Crippen molar-refractivity contribution >= 4 is 11.7 Å². The largest absolute Gasteiger partial charge is 0.493 e. The number of benzene rings is 1. The molecular formula is C17H26N2O4. The molecule has 0 aliphatic heterocycles. The molecule has 2 N–H and O–H groups in total. The van der Waals surface area contributed by atoms with Crippen molar-refractivity contribution in [2.45, 2.75) is 32.2 Å². The SMILES string of the molecule is COCCOc1cc(NC(=O)N[C@H]2CCC[C@@H]2C)ccc1OC. The number of carbonyl (C=O) groups excluding carboxylic acids is 1. The fourth-order valence-electron chi connectivity index (χ4n) is 2.80. The van der Waals surface area contributed by atoms with Crippen LogP contribution in [0.15, 0.2) is 18.2 Å². The van der Waals surface area contributed by atoms with Crippen LogP contribution in [0.5, 0.6) is 11.5 Å². The van der Waals surface area contributed by atoms with Gasteiger partial charge >= 0.3 is 6.03 Å². The lowest BCUT2D eigenvalue weighted by atomic mass is 10.1. The predicted octanol–water partition coefficient (Wildman–Crippen LogP) is 3.03. The number of hydrogen-bond acceptors (Lipinski definition) is 4. The Morgan fingerprint density at radius 1 is 1.22 bits per heavy atom. The Bertz CT molecular complexity index is 521. The quantitative estimate of drug-likeness (QED) is 0.757. The van der Waals surface area contributed by atoms with Crippen molar-refractivity contribution in [3.8, 4) is 11.5 Å². The Balaban J connectivity index is 1.95. The molecule has 0 spiro atoms. The minimum absolute atomic E-state index is 0.184. The zero-order valence-electron chi connectivity index (χ0n) is 14.1. The third-order valence-electron chi connectivity index (χ3n) is 4.14. The van der Waals surface area contributed by atoms with E-state index in [2.05, 4.69) is 17.6 Å². The number of carbonyl (C=O) groups is 1. The molecule has 6 heteroatoms. The van der Waals surface area contributed by atoms with Gasteiger partial charge in [-0.3, -0.25) is 0 Å². The van der Waals surface area contributed by atoms with Crippen molar-refractivity contribution in [2.75, 3.05) is 32.8 Å². The van der Waals surface area contributed by atoms with E-state index >= 15 is 0 Å². The Morgan fingerprint density at radius 3 is 2.70 bits per heavy atom. The highest BCUT2D eigenvalue weighted by Gasteiger charge is 2.24. The monoisotopic (exact) mass is 322 g/mol. The van der Waals surface area contributed by atoms with Gasteiger partial charge in [-0.2, -0.15) is 0 Å². The summed E-state index contributed by atoms with van der Waals surface area (Å²) < 4.78 is 15.9. The van der Waals surface area contributed by atoms with E-state index in [9.17, 15) is 4.79 Å². The molecule has 2 rings (SSSR count). The molecule has 0 bridgehead atoms. The molecule has 1 aromatic carbocycles. The Morgan fingerprint density at radius 2 is 2.04 bits per heavy atom. The molecule has 0 unspecified atom stereocenters. The van der Waals surface area contributed by atoms with Crippen LogP contribution < -0.4 is 20.1 Å². The Kier molecular flexibility index (Phi) is 6.52. The van der Waals surface area contributed by atoms with Crippen LogP contribution in [0.4, 0.5) is 10.5 Å². The van der Waals surface area contributed by atoms with Crippen molar-refractivity contribution in [1.82, 2.24) is 5.32 Å². The number of methoxy groups -OCH3 is 2. The number of ether oxygens (including phenoxy) is 3. The molecule has 2 atom stereocenters. The molecule has 1 aliphatic rings. The average Bonchev–Trinajstić information content (AvgIpc) is 2.93. The summed E-state index contributed by atoms with van der Waals surface area (Å²) in [5.74, 6) is 1.73. The van der Waals surface area contributed by atoms with Gasteiger partial charge in [0, 0.05) is 24.9 Å². The fourth-order valence-corrected chi connectivity index (χ4v) is 2.80. The smallest absolute Gasteiger partial charge is 0.319 e. The summed E-state index contributed by atoms with van der Waals surface area (Å²) in [6, 6.07) is 5.39. The van der Waals surface area contributed by atoms with Gasteiger partial charge < -0.3 is 24.8 Å². The van der Waals surface area contributed by atoms with E-state index in [1.807, 2.05) is 0 Å². The number of anilines is 1. The first-order chi connectivity index (χ1) is 11.1. The van der Waals surface area contributed by atoms with Crippen LogP contribution in [0.2, 0.25) is 0 Å². The number of urea groups is 1. The lowest BCUT2D eigenvalue weighted by Gasteiger charge is -2.18. The van der Waals surface area contributed by atoms with E-state index in [0.29, 0.717) is 36.3 Å². The van der Waals surface area contributed by atoms with E-state index in [1.54, 1.807) is 32.4 Å². The van der Waals surface area contributed by atoms with Gasteiger partial charge in [0.2, 0.25) is 0 Å². The first-order valence-electron chi connectivity index (χ1n) is 8.01. The zero-order chi connectivity index (χ0) is 16.7.